The van der Waals surface area contributed by atoms with E-state index in [1.165, 1.54) is 24.3 Å². The van der Waals surface area contributed by atoms with Gasteiger partial charge in [-0.1, -0.05) is 48.5 Å². The number of carbonyl (C=O) groups is 1. The standard InChI is InChI=1S/C13H10O4S/c14-13(11-7-3-1-4-8-11)18(15,16)17-12-9-5-2-6-10-12/h1-10H. The smallest absolute Gasteiger partial charge is 0.377 e. The summed E-state index contributed by atoms with van der Waals surface area (Å²) in [5.74, 6) is 0.113. The van der Waals surface area contributed by atoms with Crippen LogP contribution in [0.3, 0.4) is 0 Å². The Morgan fingerprint density at radius 3 is 1.89 bits per heavy atom. The van der Waals surface area contributed by atoms with E-state index < -0.39 is 15.2 Å². The predicted molar refractivity (Wildman–Crippen MR) is 66.8 cm³/mol. The lowest BCUT2D eigenvalue weighted by Gasteiger charge is -2.05. The van der Waals surface area contributed by atoms with Crippen LogP contribution in [0.15, 0.2) is 60.7 Å². The molecule has 5 heteroatoms. The average molecular weight is 262 g/mol. The first-order valence-electron chi connectivity index (χ1n) is 5.18. The molecule has 0 aliphatic heterocycles. The summed E-state index contributed by atoms with van der Waals surface area (Å²) < 4.78 is 28.2. The predicted octanol–water partition coefficient (Wildman–Crippen LogP) is 2.24. The molecule has 92 valence electrons. The quantitative estimate of drug-likeness (QED) is 0.796. The minimum atomic E-state index is -4.31. The van der Waals surface area contributed by atoms with Gasteiger partial charge in [0.05, 0.1) is 0 Å². The van der Waals surface area contributed by atoms with Crippen molar-refractivity contribution in [2.45, 2.75) is 0 Å². The van der Waals surface area contributed by atoms with Gasteiger partial charge in [0.2, 0.25) is 0 Å². The van der Waals surface area contributed by atoms with E-state index in [2.05, 4.69) is 0 Å². The van der Waals surface area contributed by atoms with Gasteiger partial charge in [-0.15, -0.1) is 0 Å². The summed E-state index contributed by atoms with van der Waals surface area (Å²) in [6, 6.07) is 15.6. The second-order valence-electron chi connectivity index (χ2n) is 3.50. The molecule has 0 atom stereocenters. The third-order valence-corrected chi connectivity index (χ3v) is 3.29. The number of para-hydroxylation sites is 1. The Bertz CT molecular complexity index is 633. The van der Waals surface area contributed by atoms with E-state index in [4.69, 9.17) is 4.18 Å². The van der Waals surface area contributed by atoms with Gasteiger partial charge in [-0.2, -0.15) is 8.42 Å². The third-order valence-electron chi connectivity index (χ3n) is 2.19. The van der Waals surface area contributed by atoms with Crippen molar-refractivity contribution < 1.29 is 17.4 Å². The minimum Gasteiger partial charge on any atom is -0.377 e. The molecule has 2 aromatic rings. The molecule has 0 aromatic heterocycles. The van der Waals surface area contributed by atoms with Crippen LogP contribution in [0.4, 0.5) is 0 Å². The van der Waals surface area contributed by atoms with Crippen molar-refractivity contribution in [1.29, 1.82) is 0 Å². The van der Waals surface area contributed by atoms with Crippen LogP contribution >= 0.6 is 0 Å². The summed E-state index contributed by atoms with van der Waals surface area (Å²) in [5, 5.41) is -1.05. The molecular weight excluding hydrogens is 252 g/mol. The van der Waals surface area contributed by atoms with Crippen molar-refractivity contribution in [1.82, 2.24) is 0 Å². The van der Waals surface area contributed by atoms with Crippen LogP contribution in [0.2, 0.25) is 0 Å². The van der Waals surface area contributed by atoms with Gasteiger partial charge in [0, 0.05) is 5.56 Å². The molecule has 2 aromatic carbocycles. The first-order chi connectivity index (χ1) is 8.59. The molecule has 0 amide bonds. The Balaban J connectivity index is 2.25. The summed E-state index contributed by atoms with van der Waals surface area (Å²) in [5.41, 5.74) is 0.0773. The Kier molecular flexibility index (Phi) is 3.43. The zero-order valence-electron chi connectivity index (χ0n) is 9.31. The van der Waals surface area contributed by atoms with Crippen LogP contribution in [0.25, 0.3) is 0 Å². The van der Waals surface area contributed by atoms with Crippen molar-refractivity contribution in [3.8, 4) is 5.75 Å². The highest BCUT2D eigenvalue weighted by molar-refractivity contribution is 8.02. The number of hydrogen-bond acceptors (Lipinski definition) is 4. The molecule has 0 bridgehead atoms. The van der Waals surface area contributed by atoms with E-state index in [1.807, 2.05) is 0 Å². The Morgan fingerprint density at radius 1 is 0.833 bits per heavy atom. The van der Waals surface area contributed by atoms with Crippen molar-refractivity contribution >= 4 is 15.2 Å². The van der Waals surface area contributed by atoms with Crippen molar-refractivity contribution in [3.05, 3.63) is 66.2 Å². The number of hydrogen-bond donors (Lipinski definition) is 0. The van der Waals surface area contributed by atoms with Crippen LogP contribution in [0.5, 0.6) is 5.75 Å². The van der Waals surface area contributed by atoms with Crippen molar-refractivity contribution in [2.24, 2.45) is 0 Å². The van der Waals surface area contributed by atoms with Crippen LogP contribution in [0, 0.1) is 0 Å². The molecule has 0 unspecified atom stereocenters. The second-order valence-corrected chi connectivity index (χ2v) is 4.95. The summed E-state index contributed by atoms with van der Waals surface area (Å²) in [6.07, 6.45) is 0. The maximum Gasteiger partial charge on any atom is 0.378 e. The van der Waals surface area contributed by atoms with Gasteiger partial charge in [-0.05, 0) is 12.1 Å². The normalized spacial score (nSPS) is 10.9. The minimum absolute atomic E-state index is 0.0773. The van der Waals surface area contributed by atoms with E-state index in [-0.39, 0.29) is 11.3 Å². The summed E-state index contributed by atoms with van der Waals surface area (Å²) >= 11 is 0. The first-order valence-corrected chi connectivity index (χ1v) is 6.59. The van der Waals surface area contributed by atoms with E-state index in [9.17, 15) is 13.2 Å². The topological polar surface area (TPSA) is 60.4 Å². The third kappa shape index (κ3) is 2.75. The molecule has 0 spiro atoms. The molecule has 0 heterocycles. The second kappa shape index (κ2) is 5.01. The van der Waals surface area contributed by atoms with Gasteiger partial charge in [-0.3, -0.25) is 4.79 Å². The fraction of sp³-hybridized carbons (Fsp3) is 0. The van der Waals surface area contributed by atoms with Gasteiger partial charge >= 0.3 is 15.2 Å². The summed E-state index contributed by atoms with van der Waals surface area (Å²) in [6.45, 7) is 0. The van der Waals surface area contributed by atoms with Gasteiger partial charge < -0.3 is 4.18 Å². The van der Waals surface area contributed by atoms with Crippen LogP contribution in [-0.4, -0.2) is 13.5 Å². The average Bonchev–Trinajstić information content (AvgIpc) is 2.39. The van der Waals surface area contributed by atoms with Gasteiger partial charge in [-0.25, -0.2) is 0 Å². The van der Waals surface area contributed by atoms with Crippen LogP contribution < -0.4 is 4.18 Å². The van der Waals surface area contributed by atoms with Gasteiger partial charge in [0.25, 0.3) is 0 Å². The Hall–Kier alpha value is -2.14. The van der Waals surface area contributed by atoms with Gasteiger partial charge in [0.1, 0.15) is 5.75 Å². The fourth-order valence-corrected chi connectivity index (χ4v) is 2.22. The summed E-state index contributed by atoms with van der Waals surface area (Å²) in [7, 11) is -4.31. The van der Waals surface area contributed by atoms with E-state index in [0.717, 1.165) is 0 Å². The lowest BCUT2D eigenvalue weighted by molar-refractivity contribution is 0.106. The number of rotatable bonds is 3. The number of benzene rings is 2. The Labute approximate surface area is 105 Å². The highest BCUT2D eigenvalue weighted by Gasteiger charge is 2.25. The molecule has 0 saturated carbocycles. The molecule has 0 fully saturated rings. The highest BCUT2D eigenvalue weighted by atomic mass is 32.2. The number of carbonyl (C=O) groups excluding carboxylic acids is 1. The molecule has 0 N–H and O–H groups in total. The largest absolute Gasteiger partial charge is 0.378 e. The molecule has 18 heavy (non-hydrogen) atoms. The van der Waals surface area contributed by atoms with Gasteiger partial charge in [0.15, 0.2) is 0 Å². The molecule has 0 aliphatic carbocycles. The maximum absolute atomic E-state index is 11.8. The SMILES string of the molecule is O=C(c1ccccc1)S(=O)(=O)Oc1ccccc1. The van der Waals surface area contributed by atoms with E-state index in [0.29, 0.717) is 0 Å². The molecule has 0 radical (unpaired) electrons. The monoisotopic (exact) mass is 262 g/mol. The van der Waals surface area contributed by atoms with E-state index in [1.54, 1.807) is 36.4 Å². The van der Waals surface area contributed by atoms with E-state index >= 15 is 0 Å². The molecule has 2 rings (SSSR count). The maximum atomic E-state index is 11.8. The summed E-state index contributed by atoms with van der Waals surface area (Å²) in [4.78, 5) is 11.8. The van der Waals surface area contributed by atoms with Crippen molar-refractivity contribution in [2.75, 3.05) is 0 Å². The zero-order chi connectivity index (χ0) is 13.0. The zero-order valence-corrected chi connectivity index (χ0v) is 10.1. The van der Waals surface area contributed by atoms with Crippen LogP contribution in [0.1, 0.15) is 10.4 Å². The fourth-order valence-electron chi connectivity index (χ4n) is 1.36. The molecule has 4 nitrogen and oxygen atoms in total. The lowest BCUT2D eigenvalue weighted by atomic mass is 10.2. The van der Waals surface area contributed by atoms with Crippen molar-refractivity contribution in [3.63, 3.8) is 0 Å². The van der Waals surface area contributed by atoms with Crippen LogP contribution in [-0.2, 0) is 10.1 Å². The first kappa shape index (κ1) is 12.3. The highest BCUT2D eigenvalue weighted by Crippen LogP contribution is 2.14. The molecule has 0 saturated heterocycles. The molecule has 0 aliphatic rings. The Morgan fingerprint density at radius 2 is 1.33 bits per heavy atom. The molecular formula is C13H10O4S. The lowest BCUT2D eigenvalue weighted by Crippen LogP contribution is -2.20.